The lowest BCUT2D eigenvalue weighted by Gasteiger charge is -2.23. The highest BCUT2D eigenvalue weighted by atomic mass is 35.5. The Kier molecular flexibility index (Phi) is 4.65. The molecule has 0 saturated carbocycles. The predicted octanol–water partition coefficient (Wildman–Crippen LogP) is 3.69. The van der Waals surface area contributed by atoms with Crippen LogP contribution in [-0.2, 0) is 6.54 Å². The third-order valence-electron chi connectivity index (χ3n) is 5.85. The molecule has 0 amide bonds. The minimum atomic E-state index is -0.520. The van der Waals surface area contributed by atoms with E-state index in [9.17, 15) is 0 Å². The van der Waals surface area contributed by atoms with Crippen LogP contribution < -0.4 is 20.5 Å². The SMILES string of the molecule is Cc1nn(Cc2ccccc2)c(Cl)c1C1N=C(N)Nc2nc3cc4c(cc3n21)OCCCO4. The highest BCUT2D eigenvalue weighted by Gasteiger charge is 2.31. The maximum absolute atomic E-state index is 6.87. The van der Waals surface area contributed by atoms with Gasteiger partial charge in [0.1, 0.15) is 5.15 Å². The Balaban J connectivity index is 1.48. The molecule has 33 heavy (non-hydrogen) atoms. The topological polar surface area (TPSA) is 105 Å². The number of benzene rings is 2. The summed E-state index contributed by atoms with van der Waals surface area (Å²) in [7, 11) is 0. The Morgan fingerprint density at radius 3 is 2.70 bits per heavy atom. The van der Waals surface area contributed by atoms with Crippen LogP contribution in [-0.4, -0.2) is 38.5 Å². The zero-order valence-corrected chi connectivity index (χ0v) is 18.7. The number of ether oxygens (including phenoxy) is 2. The molecule has 0 spiro atoms. The monoisotopic (exact) mass is 463 g/mol. The first-order valence-corrected chi connectivity index (χ1v) is 11.1. The molecule has 3 N–H and O–H groups in total. The molecule has 0 bridgehead atoms. The number of hydrogen-bond acceptors (Lipinski definition) is 7. The fourth-order valence-corrected chi connectivity index (χ4v) is 4.67. The van der Waals surface area contributed by atoms with Crippen LogP contribution in [0.2, 0.25) is 5.15 Å². The van der Waals surface area contributed by atoms with Gasteiger partial charge in [0.25, 0.3) is 0 Å². The van der Waals surface area contributed by atoms with Crippen molar-refractivity contribution in [2.75, 3.05) is 18.5 Å². The highest BCUT2D eigenvalue weighted by molar-refractivity contribution is 6.30. The Morgan fingerprint density at radius 2 is 1.91 bits per heavy atom. The number of halogens is 1. The number of hydrogen-bond donors (Lipinski definition) is 2. The summed E-state index contributed by atoms with van der Waals surface area (Å²) in [6.07, 6.45) is 0.311. The molecule has 168 valence electrons. The summed E-state index contributed by atoms with van der Waals surface area (Å²) in [6.45, 7) is 3.70. The van der Waals surface area contributed by atoms with Crippen LogP contribution >= 0.6 is 11.6 Å². The lowest BCUT2D eigenvalue weighted by Crippen LogP contribution is -2.31. The third-order valence-corrected chi connectivity index (χ3v) is 6.25. The second-order valence-corrected chi connectivity index (χ2v) is 8.45. The predicted molar refractivity (Wildman–Crippen MR) is 126 cm³/mol. The molecule has 0 fully saturated rings. The summed E-state index contributed by atoms with van der Waals surface area (Å²) in [5.74, 6) is 2.22. The molecule has 4 aromatic rings. The summed E-state index contributed by atoms with van der Waals surface area (Å²) in [4.78, 5) is 9.42. The van der Waals surface area contributed by atoms with Gasteiger partial charge < -0.3 is 15.2 Å². The van der Waals surface area contributed by atoms with Crippen LogP contribution in [0.3, 0.4) is 0 Å². The zero-order valence-electron chi connectivity index (χ0n) is 18.0. The van der Waals surface area contributed by atoms with Crippen molar-refractivity contribution in [3.8, 4) is 11.5 Å². The van der Waals surface area contributed by atoms with Crippen molar-refractivity contribution >= 4 is 34.5 Å². The second-order valence-electron chi connectivity index (χ2n) is 8.09. The lowest BCUT2D eigenvalue weighted by molar-refractivity contribution is 0.297. The normalized spacial score (nSPS) is 17.3. The maximum atomic E-state index is 6.87. The van der Waals surface area contributed by atoms with Crippen LogP contribution in [0.4, 0.5) is 5.95 Å². The van der Waals surface area contributed by atoms with Crippen molar-refractivity contribution in [3.63, 3.8) is 0 Å². The minimum Gasteiger partial charge on any atom is -0.489 e. The average Bonchev–Trinajstić information content (AvgIpc) is 3.17. The number of anilines is 1. The number of imidazole rings is 1. The van der Waals surface area contributed by atoms with E-state index in [1.165, 1.54) is 0 Å². The smallest absolute Gasteiger partial charge is 0.212 e. The fourth-order valence-electron chi connectivity index (χ4n) is 4.34. The van der Waals surface area contributed by atoms with E-state index in [0.29, 0.717) is 42.4 Å². The zero-order chi connectivity index (χ0) is 22.5. The van der Waals surface area contributed by atoms with Crippen LogP contribution in [0.5, 0.6) is 11.5 Å². The van der Waals surface area contributed by atoms with Gasteiger partial charge in [-0.1, -0.05) is 41.9 Å². The number of aromatic nitrogens is 4. The first kappa shape index (κ1) is 19.9. The highest BCUT2D eigenvalue weighted by Crippen LogP contribution is 2.41. The van der Waals surface area contributed by atoms with E-state index in [1.807, 2.05) is 54.0 Å². The van der Waals surface area contributed by atoms with E-state index in [-0.39, 0.29) is 5.96 Å². The lowest BCUT2D eigenvalue weighted by atomic mass is 10.2. The number of nitrogens with one attached hydrogen (secondary N) is 1. The first-order chi connectivity index (χ1) is 16.1. The van der Waals surface area contributed by atoms with Crippen LogP contribution in [0.1, 0.15) is 29.4 Å². The van der Waals surface area contributed by atoms with Gasteiger partial charge in [-0.2, -0.15) is 5.10 Å². The van der Waals surface area contributed by atoms with Crippen LogP contribution in [0, 0.1) is 6.92 Å². The van der Waals surface area contributed by atoms with E-state index >= 15 is 0 Å². The van der Waals surface area contributed by atoms with E-state index in [0.717, 1.165) is 34.3 Å². The first-order valence-electron chi connectivity index (χ1n) is 10.8. The molecule has 0 radical (unpaired) electrons. The molecule has 2 aromatic heterocycles. The van der Waals surface area contributed by atoms with Crippen molar-refractivity contribution in [1.29, 1.82) is 0 Å². The molecule has 9 nitrogen and oxygen atoms in total. The number of nitrogens with zero attached hydrogens (tertiary/aromatic N) is 5. The number of nitrogens with two attached hydrogens (primary N) is 1. The third kappa shape index (κ3) is 3.36. The van der Waals surface area contributed by atoms with Gasteiger partial charge in [0.15, 0.2) is 23.6 Å². The maximum Gasteiger partial charge on any atom is 0.212 e. The van der Waals surface area contributed by atoms with Gasteiger partial charge >= 0.3 is 0 Å². The molecule has 2 aromatic carbocycles. The molecule has 0 saturated heterocycles. The quantitative estimate of drug-likeness (QED) is 0.480. The number of aryl methyl sites for hydroxylation is 1. The molecule has 4 heterocycles. The average molecular weight is 464 g/mol. The van der Waals surface area contributed by atoms with Crippen molar-refractivity contribution in [1.82, 2.24) is 19.3 Å². The van der Waals surface area contributed by atoms with Gasteiger partial charge in [-0.3, -0.25) is 9.88 Å². The number of rotatable bonds is 3. The Morgan fingerprint density at radius 1 is 1.15 bits per heavy atom. The molecular formula is C23H22ClN7O2. The number of fused-ring (bicyclic) bond motifs is 4. The summed E-state index contributed by atoms with van der Waals surface area (Å²) in [6, 6.07) is 13.9. The minimum absolute atomic E-state index is 0.267. The molecule has 6 rings (SSSR count). The summed E-state index contributed by atoms with van der Waals surface area (Å²) in [5.41, 5.74) is 10.4. The van der Waals surface area contributed by atoms with Crippen molar-refractivity contribution in [3.05, 3.63) is 64.4 Å². The van der Waals surface area contributed by atoms with Gasteiger partial charge in [0.05, 0.1) is 42.0 Å². The fraction of sp³-hybridized carbons (Fsp3) is 0.261. The Bertz CT molecular complexity index is 1390. The van der Waals surface area contributed by atoms with E-state index in [1.54, 1.807) is 4.68 Å². The molecule has 10 heteroatoms. The van der Waals surface area contributed by atoms with E-state index in [2.05, 4.69) is 10.3 Å². The van der Waals surface area contributed by atoms with Gasteiger partial charge in [0.2, 0.25) is 5.95 Å². The Hall–Kier alpha value is -3.72. The van der Waals surface area contributed by atoms with Gasteiger partial charge in [-0.25, -0.2) is 14.7 Å². The van der Waals surface area contributed by atoms with Gasteiger partial charge in [-0.15, -0.1) is 0 Å². The second kappa shape index (κ2) is 7.70. The van der Waals surface area contributed by atoms with E-state index < -0.39 is 6.17 Å². The molecule has 2 aliphatic heterocycles. The standard InChI is InChI=1S/C23H22ClN7O2/c1-13-19(20(24)30(29-13)12-14-6-3-2-4-7-14)21-27-22(25)28-23-26-15-10-17-18(11-16(15)31(21)23)33-9-5-8-32-17/h2-4,6-7,10-11,21H,5,8-9,12H2,1H3,(H3,25,26,27,28). The largest absolute Gasteiger partial charge is 0.489 e. The summed E-state index contributed by atoms with van der Waals surface area (Å²) < 4.78 is 15.5. The molecule has 0 aliphatic carbocycles. The van der Waals surface area contributed by atoms with E-state index in [4.69, 9.17) is 36.9 Å². The summed E-state index contributed by atoms with van der Waals surface area (Å²) in [5, 5.41) is 8.28. The van der Waals surface area contributed by atoms with Crippen molar-refractivity contribution in [2.24, 2.45) is 10.7 Å². The number of guanidine groups is 1. The van der Waals surface area contributed by atoms with Crippen LogP contribution in [0.25, 0.3) is 11.0 Å². The molecule has 1 atom stereocenters. The van der Waals surface area contributed by atoms with Crippen LogP contribution in [0.15, 0.2) is 47.5 Å². The van der Waals surface area contributed by atoms with Gasteiger partial charge in [-0.05, 0) is 12.5 Å². The van der Waals surface area contributed by atoms with Gasteiger partial charge in [0, 0.05) is 18.6 Å². The van der Waals surface area contributed by atoms with Crippen molar-refractivity contribution < 1.29 is 9.47 Å². The summed E-state index contributed by atoms with van der Waals surface area (Å²) >= 11 is 6.87. The molecular weight excluding hydrogens is 442 g/mol. The Labute approximate surface area is 194 Å². The number of aliphatic imine (C=N–C) groups is 1. The van der Waals surface area contributed by atoms with Crippen molar-refractivity contribution in [2.45, 2.75) is 26.1 Å². The molecule has 2 aliphatic rings. The molecule has 1 unspecified atom stereocenters.